The fourth-order valence-electron chi connectivity index (χ4n) is 3.05. The van der Waals surface area contributed by atoms with Gasteiger partial charge in [0.2, 0.25) is 0 Å². The predicted octanol–water partition coefficient (Wildman–Crippen LogP) is 4.68. The number of thioether (sulfide) groups is 1. The van der Waals surface area contributed by atoms with Gasteiger partial charge in [-0.1, -0.05) is 18.2 Å². The summed E-state index contributed by atoms with van der Waals surface area (Å²) in [6.07, 6.45) is 4.85. The minimum atomic E-state index is -2.51. The van der Waals surface area contributed by atoms with Gasteiger partial charge in [0.05, 0.1) is 5.56 Å². The summed E-state index contributed by atoms with van der Waals surface area (Å²) in [5, 5.41) is 3.24. The summed E-state index contributed by atoms with van der Waals surface area (Å²) in [4.78, 5) is 25.9. The molecule has 26 heavy (non-hydrogen) atoms. The smallest absolute Gasteiger partial charge is 0.288 e. The molecule has 1 aliphatic carbocycles. The standard InChI is InChI=1S/C18H18F2N2O2S2/c19-18(20)25-11-8-6-10(7-9-11)16(24)22-17-14(15(21)23)12-4-2-1-3-5-13(12)26-17/h6-9,18H,1-5H2,(H2,21,23)(H,22,24). The molecule has 0 spiro atoms. The van der Waals surface area contributed by atoms with Crippen LogP contribution >= 0.6 is 23.1 Å². The van der Waals surface area contributed by atoms with Crippen molar-refractivity contribution >= 4 is 39.9 Å². The first-order valence-corrected chi connectivity index (χ1v) is 9.96. The van der Waals surface area contributed by atoms with Crippen LogP contribution in [0.2, 0.25) is 0 Å². The molecule has 0 saturated carbocycles. The molecule has 138 valence electrons. The minimum absolute atomic E-state index is 0.336. The van der Waals surface area contributed by atoms with E-state index in [4.69, 9.17) is 5.73 Å². The fourth-order valence-corrected chi connectivity index (χ4v) is 4.84. The highest BCUT2D eigenvalue weighted by atomic mass is 32.2. The average molecular weight is 396 g/mol. The van der Waals surface area contributed by atoms with E-state index >= 15 is 0 Å². The maximum Gasteiger partial charge on any atom is 0.288 e. The number of benzene rings is 1. The van der Waals surface area contributed by atoms with Gasteiger partial charge < -0.3 is 11.1 Å². The number of primary amides is 1. The number of nitrogens with one attached hydrogen (secondary N) is 1. The van der Waals surface area contributed by atoms with Crippen molar-refractivity contribution in [2.75, 3.05) is 5.32 Å². The van der Waals surface area contributed by atoms with Crippen LogP contribution in [0.4, 0.5) is 13.8 Å². The number of carbonyl (C=O) groups is 2. The van der Waals surface area contributed by atoms with Gasteiger partial charge in [-0.25, -0.2) is 0 Å². The van der Waals surface area contributed by atoms with Crippen molar-refractivity contribution < 1.29 is 18.4 Å². The Morgan fingerprint density at radius 3 is 2.46 bits per heavy atom. The Hall–Kier alpha value is -1.93. The lowest BCUT2D eigenvalue weighted by Gasteiger charge is -2.07. The molecule has 2 amide bonds. The van der Waals surface area contributed by atoms with E-state index in [-0.39, 0.29) is 0 Å². The second-order valence-electron chi connectivity index (χ2n) is 5.99. The maximum absolute atomic E-state index is 12.5. The molecule has 0 saturated heterocycles. The topological polar surface area (TPSA) is 72.2 Å². The number of hydrogen-bond donors (Lipinski definition) is 2. The third-order valence-electron chi connectivity index (χ3n) is 4.24. The zero-order valence-electron chi connectivity index (χ0n) is 13.9. The SMILES string of the molecule is NC(=O)c1c(NC(=O)c2ccc(SC(F)F)cc2)sc2c1CCCCC2. The molecule has 1 aromatic carbocycles. The van der Waals surface area contributed by atoms with Gasteiger partial charge in [-0.3, -0.25) is 9.59 Å². The van der Waals surface area contributed by atoms with E-state index in [2.05, 4.69) is 5.32 Å². The molecule has 8 heteroatoms. The number of aryl methyl sites for hydroxylation is 1. The van der Waals surface area contributed by atoms with Crippen molar-refractivity contribution in [3.8, 4) is 0 Å². The van der Waals surface area contributed by atoms with Gasteiger partial charge in [0.25, 0.3) is 17.6 Å². The number of alkyl halides is 2. The zero-order chi connectivity index (χ0) is 18.7. The Bertz CT molecular complexity index is 819. The molecule has 0 aliphatic heterocycles. The Balaban J connectivity index is 1.82. The van der Waals surface area contributed by atoms with Gasteiger partial charge in [-0.05, 0) is 55.5 Å². The number of amides is 2. The molecule has 0 atom stereocenters. The average Bonchev–Trinajstić information content (AvgIpc) is 2.76. The number of anilines is 1. The molecule has 0 radical (unpaired) electrons. The summed E-state index contributed by atoms with van der Waals surface area (Å²) in [6.45, 7) is 0. The first-order chi connectivity index (χ1) is 12.5. The number of thiophene rings is 1. The van der Waals surface area contributed by atoms with Crippen LogP contribution in [0, 0.1) is 0 Å². The summed E-state index contributed by atoms with van der Waals surface area (Å²) >= 11 is 1.83. The number of carbonyl (C=O) groups excluding carboxylic acids is 2. The van der Waals surface area contributed by atoms with Gasteiger partial charge in [-0.15, -0.1) is 11.3 Å². The van der Waals surface area contributed by atoms with Crippen LogP contribution in [0.1, 0.15) is 50.4 Å². The molecule has 3 N–H and O–H groups in total. The molecule has 0 fully saturated rings. The lowest BCUT2D eigenvalue weighted by Crippen LogP contribution is -2.18. The maximum atomic E-state index is 12.5. The number of halogens is 2. The van der Waals surface area contributed by atoms with Gasteiger partial charge in [0, 0.05) is 15.3 Å². The number of hydrogen-bond acceptors (Lipinski definition) is 4. The number of nitrogens with two attached hydrogens (primary N) is 1. The van der Waals surface area contributed by atoms with E-state index in [1.54, 1.807) is 0 Å². The normalized spacial score (nSPS) is 14.0. The zero-order valence-corrected chi connectivity index (χ0v) is 15.5. The molecule has 1 heterocycles. The van der Waals surface area contributed by atoms with Crippen molar-refractivity contribution in [1.82, 2.24) is 0 Å². The van der Waals surface area contributed by atoms with Gasteiger partial charge in [0.1, 0.15) is 5.00 Å². The van der Waals surface area contributed by atoms with Crippen molar-refractivity contribution in [2.45, 2.75) is 42.8 Å². The highest BCUT2D eigenvalue weighted by Crippen LogP contribution is 2.37. The highest BCUT2D eigenvalue weighted by molar-refractivity contribution is 7.99. The summed E-state index contributed by atoms with van der Waals surface area (Å²) < 4.78 is 24.7. The van der Waals surface area contributed by atoms with Crippen molar-refractivity contribution in [2.24, 2.45) is 5.73 Å². The Kier molecular flexibility index (Phi) is 5.93. The van der Waals surface area contributed by atoms with E-state index in [9.17, 15) is 18.4 Å². The monoisotopic (exact) mass is 396 g/mol. The molecule has 1 aliphatic rings. The first-order valence-electron chi connectivity index (χ1n) is 8.26. The molecule has 0 bridgehead atoms. The third-order valence-corrected chi connectivity index (χ3v) is 6.17. The lowest BCUT2D eigenvalue weighted by atomic mass is 10.1. The van der Waals surface area contributed by atoms with Crippen LogP contribution in [0.3, 0.4) is 0 Å². The summed E-state index contributed by atoms with van der Waals surface area (Å²) in [5.74, 6) is -3.43. The largest absolute Gasteiger partial charge is 0.365 e. The molecule has 4 nitrogen and oxygen atoms in total. The minimum Gasteiger partial charge on any atom is -0.365 e. The molecule has 3 rings (SSSR count). The fraction of sp³-hybridized carbons (Fsp3) is 0.333. The molecule has 0 unspecified atom stereocenters. The molecular formula is C18H18F2N2O2S2. The highest BCUT2D eigenvalue weighted by Gasteiger charge is 2.24. The van der Waals surface area contributed by atoms with Crippen LogP contribution in [-0.4, -0.2) is 17.6 Å². The van der Waals surface area contributed by atoms with Crippen LogP contribution in [0.5, 0.6) is 0 Å². The van der Waals surface area contributed by atoms with Gasteiger partial charge in [0.15, 0.2) is 0 Å². The number of fused-ring (bicyclic) bond motifs is 1. The number of rotatable bonds is 5. The molecular weight excluding hydrogens is 378 g/mol. The van der Waals surface area contributed by atoms with E-state index in [0.717, 1.165) is 42.5 Å². The van der Waals surface area contributed by atoms with Crippen molar-refractivity contribution in [1.29, 1.82) is 0 Å². The van der Waals surface area contributed by atoms with E-state index < -0.39 is 17.6 Å². The summed E-state index contributed by atoms with van der Waals surface area (Å²) in [5.41, 5.74) is 7.26. The first kappa shape index (κ1) is 18.8. The lowest BCUT2D eigenvalue weighted by molar-refractivity contribution is 0.100. The Morgan fingerprint density at radius 1 is 1.12 bits per heavy atom. The van der Waals surface area contributed by atoms with Crippen LogP contribution in [0.15, 0.2) is 29.2 Å². The van der Waals surface area contributed by atoms with Crippen LogP contribution < -0.4 is 11.1 Å². The second kappa shape index (κ2) is 8.18. The van der Waals surface area contributed by atoms with Crippen molar-refractivity contribution in [3.05, 3.63) is 45.8 Å². The third kappa shape index (κ3) is 4.24. The van der Waals surface area contributed by atoms with E-state index in [1.165, 1.54) is 35.6 Å². The van der Waals surface area contributed by atoms with Crippen LogP contribution in [-0.2, 0) is 12.8 Å². The van der Waals surface area contributed by atoms with E-state index in [1.807, 2.05) is 0 Å². The molecule has 1 aromatic heterocycles. The molecule has 2 aromatic rings. The quantitative estimate of drug-likeness (QED) is 0.569. The summed E-state index contributed by atoms with van der Waals surface area (Å²) in [6, 6.07) is 5.93. The van der Waals surface area contributed by atoms with Crippen LogP contribution in [0.25, 0.3) is 0 Å². The summed E-state index contributed by atoms with van der Waals surface area (Å²) in [7, 11) is 0. The van der Waals surface area contributed by atoms with E-state index in [0.29, 0.717) is 32.8 Å². The van der Waals surface area contributed by atoms with Gasteiger partial charge in [-0.2, -0.15) is 8.78 Å². The Labute approximate surface area is 158 Å². The van der Waals surface area contributed by atoms with Gasteiger partial charge >= 0.3 is 0 Å². The predicted molar refractivity (Wildman–Crippen MR) is 100 cm³/mol. The second-order valence-corrected chi connectivity index (χ2v) is 8.16. The van der Waals surface area contributed by atoms with Crippen molar-refractivity contribution in [3.63, 3.8) is 0 Å². The Morgan fingerprint density at radius 2 is 1.81 bits per heavy atom.